The molecule has 1 heterocycles. The van der Waals surface area contributed by atoms with E-state index in [1.54, 1.807) is 11.3 Å². The molecule has 0 saturated heterocycles. The molecule has 0 aliphatic heterocycles. The maximum Gasteiger partial charge on any atom is 0.106 e. The van der Waals surface area contributed by atoms with E-state index in [0.717, 1.165) is 17.5 Å². The first-order valence-corrected chi connectivity index (χ1v) is 7.58. The Morgan fingerprint density at radius 3 is 2.53 bits per heavy atom. The lowest BCUT2D eigenvalue weighted by atomic mass is 9.93. The highest BCUT2D eigenvalue weighted by Gasteiger charge is 2.20. The van der Waals surface area contributed by atoms with Crippen LogP contribution in [0.1, 0.15) is 45.1 Å². The molecule has 17 heavy (non-hydrogen) atoms. The van der Waals surface area contributed by atoms with E-state index in [1.807, 2.05) is 6.92 Å². The summed E-state index contributed by atoms with van der Waals surface area (Å²) >= 11 is 5.16. The molecule has 98 valence electrons. The predicted octanol–water partition coefficient (Wildman–Crippen LogP) is 4.35. The van der Waals surface area contributed by atoms with Gasteiger partial charge in [-0.3, -0.25) is 0 Å². The summed E-state index contributed by atoms with van der Waals surface area (Å²) in [5, 5.41) is 2.07. The van der Waals surface area contributed by atoms with Gasteiger partial charge in [0.2, 0.25) is 0 Å². The van der Waals surface area contributed by atoms with Crippen LogP contribution in [0.3, 0.4) is 0 Å². The second kappa shape index (κ2) is 6.32. The molecule has 2 nitrogen and oxygen atoms in total. The van der Waals surface area contributed by atoms with E-state index in [2.05, 4.69) is 48.1 Å². The van der Waals surface area contributed by atoms with Crippen molar-refractivity contribution < 1.29 is 4.74 Å². The van der Waals surface area contributed by atoms with Crippen molar-refractivity contribution in [2.45, 2.75) is 46.3 Å². The van der Waals surface area contributed by atoms with Gasteiger partial charge in [0, 0.05) is 27.4 Å². The highest BCUT2D eigenvalue weighted by Crippen LogP contribution is 2.30. The number of halogens is 1. The molecule has 2 atom stereocenters. The minimum Gasteiger partial charge on any atom is -0.371 e. The Morgan fingerprint density at radius 1 is 1.47 bits per heavy atom. The highest BCUT2D eigenvalue weighted by molar-refractivity contribution is 9.10. The van der Waals surface area contributed by atoms with Gasteiger partial charge < -0.3 is 10.5 Å². The van der Waals surface area contributed by atoms with Crippen molar-refractivity contribution in [1.29, 1.82) is 0 Å². The summed E-state index contributed by atoms with van der Waals surface area (Å²) in [6.45, 7) is 9.41. The van der Waals surface area contributed by atoms with Crippen LogP contribution in [0.5, 0.6) is 0 Å². The molecule has 0 amide bonds. The first kappa shape index (κ1) is 15.2. The van der Waals surface area contributed by atoms with E-state index < -0.39 is 0 Å². The summed E-state index contributed by atoms with van der Waals surface area (Å²) in [6, 6.07) is 2.11. The molecule has 1 aromatic rings. The molecule has 0 saturated carbocycles. The standard InChI is InChI=1S/C13H22BrNOS/c1-9(15)12(11-7-10(14)8-17-11)16-6-5-13(2,3)4/h7-9,12H,5-6,15H2,1-4H3. The molecule has 2 N–H and O–H groups in total. The summed E-state index contributed by atoms with van der Waals surface area (Å²) in [7, 11) is 0. The Bertz CT molecular complexity index is 343. The van der Waals surface area contributed by atoms with Crippen molar-refractivity contribution in [3.63, 3.8) is 0 Å². The van der Waals surface area contributed by atoms with Crippen molar-refractivity contribution >= 4 is 27.3 Å². The number of nitrogens with two attached hydrogens (primary N) is 1. The molecular weight excluding hydrogens is 298 g/mol. The second-order valence-corrected chi connectivity index (χ2v) is 7.49. The SMILES string of the molecule is CC(N)C(OCCC(C)(C)C)c1cc(Br)cs1. The molecule has 0 radical (unpaired) electrons. The van der Waals surface area contributed by atoms with Crippen molar-refractivity contribution in [3.05, 3.63) is 20.8 Å². The van der Waals surface area contributed by atoms with Crippen molar-refractivity contribution in [2.24, 2.45) is 11.1 Å². The van der Waals surface area contributed by atoms with Crippen molar-refractivity contribution in [1.82, 2.24) is 0 Å². The molecular formula is C13H22BrNOS. The molecule has 0 fully saturated rings. The zero-order chi connectivity index (χ0) is 13.1. The molecule has 4 heteroatoms. The Kier molecular flexibility index (Phi) is 5.64. The van der Waals surface area contributed by atoms with Crippen LogP contribution in [0, 0.1) is 5.41 Å². The van der Waals surface area contributed by atoms with Crippen LogP contribution >= 0.6 is 27.3 Å². The number of ether oxygens (including phenoxy) is 1. The lowest BCUT2D eigenvalue weighted by Gasteiger charge is -2.23. The highest BCUT2D eigenvalue weighted by atomic mass is 79.9. The fourth-order valence-corrected chi connectivity index (χ4v) is 3.07. The third kappa shape index (κ3) is 5.51. The van der Waals surface area contributed by atoms with Crippen LogP contribution in [0.4, 0.5) is 0 Å². The van der Waals surface area contributed by atoms with Crippen LogP contribution in [0.25, 0.3) is 0 Å². The molecule has 0 aliphatic rings. The van der Waals surface area contributed by atoms with Crippen LogP contribution in [-0.2, 0) is 4.74 Å². The quantitative estimate of drug-likeness (QED) is 0.875. The number of hydrogen-bond donors (Lipinski definition) is 1. The first-order chi connectivity index (χ1) is 7.79. The van der Waals surface area contributed by atoms with Gasteiger partial charge in [-0.15, -0.1) is 11.3 Å². The molecule has 2 unspecified atom stereocenters. The Balaban J connectivity index is 2.56. The van der Waals surface area contributed by atoms with Gasteiger partial charge in [-0.1, -0.05) is 20.8 Å². The Morgan fingerprint density at radius 2 is 2.12 bits per heavy atom. The summed E-state index contributed by atoms with van der Waals surface area (Å²) < 4.78 is 7.04. The Labute approximate surface area is 117 Å². The smallest absolute Gasteiger partial charge is 0.106 e. The lowest BCUT2D eigenvalue weighted by molar-refractivity contribution is 0.0263. The summed E-state index contributed by atoms with van der Waals surface area (Å²) in [5.41, 5.74) is 6.30. The molecule has 0 aliphatic carbocycles. The molecule has 0 bridgehead atoms. The third-order valence-corrected chi connectivity index (χ3v) is 4.25. The topological polar surface area (TPSA) is 35.2 Å². The van der Waals surface area contributed by atoms with Gasteiger partial charge in [-0.05, 0) is 40.8 Å². The van der Waals surface area contributed by atoms with E-state index in [1.165, 1.54) is 4.88 Å². The zero-order valence-corrected chi connectivity index (χ0v) is 13.4. The lowest BCUT2D eigenvalue weighted by Crippen LogP contribution is -2.27. The number of rotatable bonds is 5. The first-order valence-electron chi connectivity index (χ1n) is 5.91. The molecule has 0 aromatic carbocycles. The molecule has 1 rings (SSSR count). The summed E-state index contributed by atoms with van der Waals surface area (Å²) in [4.78, 5) is 1.20. The average molecular weight is 320 g/mol. The van der Waals surface area contributed by atoms with E-state index in [9.17, 15) is 0 Å². The minimum absolute atomic E-state index is 0.00801. The van der Waals surface area contributed by atoms with Gasteiger partial charge in [0.05, 0.1) is 0 Å². The van der Waals surface area contributed by atoms with Crippen LogP contribution in [0.15, 0.2) is 15.9 Å². The van der Waals surface area contributed by atoms with Gasteiger partial charge in [0.15, 0.2) is 0 Å². The normalized spacial score (nSPS) is 15.9. The van der Waals surface area contributed by atoms with Crippen LogP contribution in [-0.4, -0.2) is 12.6 Å². The second-order valence-electron chi connectivity index (χ2n) is 5.63. The fourth-order valence-electron chi connectivity index (χ4n) is 1.46. The minimum atomic E-state index is 0.00801. The van der Waals surface area contributed by atoms with E-state index in [-0.39, 0.29) is 12.1 Å². The van der Waals surface area contributed by atoms with Gasteiger partial charge in [-0.25, -0.2) is 0 Å². The van der Waals surface area contributed by atoms with Crippen molar-refractivity contribution in [3.8, 4) is 0 Å². The van der Waals surface area contributed by atoms with Crippen molar-refractivity contribution in [2.75, 3.05) is 6.61 Å². The van der Waals surface area contributed by atoms with Gasteiger partial charge in [-0.2, -0.15) is 0 Å². The Hall–Kier alpha value is 0.1000. The van der Waals surface area contributed by atoms with E-state index >= 15 is 0 Å². The molecule has 1 aromatic heterocycles. The van der Waals surface area contributed by atoms with E-state index in [0.29, 0.717) is 5.41 Å². The van der Waals surface area contributed by atoms with E-state index in [4.69, 9.17) is 10.5 Å². The predicted molar refractivity (Wildman–Crippen MR) is 78.4 cm³/mol. The monoisotopic (exact) mass is 319 g/mol. The largest absolute Gasteiger partial charge is 0.371 e. The van der Waals surface area contributed by atoms with Gasteiger partial charge in [0.25, 0.3) is 0 Å². The maximum absolute atomic E-state index is 5.99. The summed E-state index contributed by atoms with van der Waals surface area (Å²) in [5.74, 6) is 0. The zero-order valence-electron chi connectivity index (χ0n) is 11.0. The van der Waals surface area contributed by atoms with Gasteiger partial charge >= 0.3 is 0 Å². The third-order valence-electron chi connectivity index (χ3n) is 2.50. The summed E-state index contributed by atoms with van der Waals surface area (Å²) in [6.07, 6.45) is 1.05. The van der Waals surface area contributed by atoms with Gasteiger partial charge in [0.1, 0.15) is 6.10 Å². The number of hydrogen-bond acceptors (Lipinski definition) is 3. The fraction of sp³-hybridized carbons (Fsp3) is 0.692. The van der Waals surface area contributed by atoms with Crippen LogP contribution < -0.4 is 5.73 Å². The maximum atomic E-state index is 5.99. The molecule has 0 spiro atoms. The number of thiophene rings is 1. The average Bonchev–Trinajstić information content (AvgIpc) is 2.57. The van der Waals surface area contributed by atoms with Crippen LogP contribution in [0.2, 0.25) is 0 Å².